The zero-order chi connectivity index (χ0) is 22.4. The molecule has 2 aliphatic rings. The SMILES string of the molecule is COc1ccc(C(=O)N(C2CC2)C2CCc3ccccc32)cc1S(=O)(=O)NC(C)(C)C. The highest BCUT2D eigenvalue weighted by atomic mass is 32.2. The predicted molar refractivity (Wildman–Crippen MR) is 120 cm³/mol. The molecule has 1 amide bonds. The van der Waals surface area contributed by atoms with Crippen LogP contribution in [0.15, 0.2) is 47.4 Å². The lowest BCUT2D eigenvalue weighted by Crippen LogP contribution is -2.40. The molecule has 1 unspecified atom stereocenters. The molecule has 0 heterocycles. The molecule has 0 aromatic heterocycles. The van der Waals surface area contributed by atoms with Gasteiger partial charge in [0.1, 0.15) is 10.6 Å². The number of nitrogens with zero attached hydrogens (tertiary/aromatic N) is 1. The number of ether oxygens (including phenoxy) is 1. The molecule has 0 radical (unpaired) electrons. The molecule has 6 nitrogen and oxygen atoms in total. The van der Waals surface area contributed by atoms with Crippen molar-refractivity contribution in [3.05, 3.63) is 59.2 Å². The molecule has 1 fully saturated rings. The van der Waals surface area contributed by atoms with Crippen LogP contribution < -0.4 is 9.46 Å². The maximum Gasteiger partial charge on any atom is 0.254 e. The summed E-state index contributed by atoms with van der Waals surface area (Å²) >= 11 is 0. The third-order valence-corrected chi connectivity index (χ3v) is 7.53. The highest BCUT2D eigenvalue weighted by molar-refractivity contribution is 7.89. The van der Waals surface area contributed by atoms with E-state index in [0.717, 1.165) is 25.7 Å². The Bertz CT molecular complexity index is 1100. The number of benzene rings is 2. The monoisotopic (exact) mass is 442 g/mol. The molecule has 4 rings (SSSR count). The second kappa shape index (κ2) is 7.95. The van der Waals surface area contributed by atoms with Crippen molar-refractivity contribution in [2.45, 2.75) is 69.0 Å². The van der Waals surface area contributed by atoms with Gasteiger partial charge in [0.2, 0.25) is 10.0 Å². The van der Waals surface area contributed by atoms with E-state index in [4.69, 9.17) is 4.74 Å². The van der Waals surface area contributed by atoms with E-state index >= 15 is 0 Å². The molecule has 1 atom stereocenters. The molecule has 7 heteroatoms. The summed E-state index contributed by atoms with van der Waals surface area (Å²) < 4.78 is 34.0. The fourth-order valence-electron chi connectivity index (χ4n) is 4.37. The van der Waals surface area contributed by atoms with E-state index in [1.807, 2.05) is 17.0 Å². The van der Waals surface area contributed by atoms with Crippen LogP contribution in [-0.2, 0) is 16.4 Å². The molecule has 0 spiro atoms. The molecule has 2 aliphatic carbocycles. The molecular formula is C24H30N2O4S. The number of fused-ring (bicyclic) bond motifs is 1. The highest BCUT2D eigenvalue weighted by Gasteiger charge is 2.41. The van der Waals surface area contributed by atoms with E-state index in [1.54, 1.807) is 32.9 Å². The van der Waals surface area contributed by atoms with E-state index in [-0.39, 0.29) is 28.6 Å². The Balaban J connectivity index is 1.71. The van der Waals surface area contributed by atoms with Gasteiger partial charge in [-0.05, 0) is 75.8 Å². The third-order valence-electron chi connectivity index (χ3n) is 5.75. The van der Waals surface area contributed by atoms with Crippen LogP contribution in [0.5, 0.6) is 5.75 Å². The Morgan fingerprint density at radius 1 is 1.10 bits per heavy atom. The Morgan fingerprint density at radius 3 is 2.45 bits per heavy atom. The van der Waals surface area contributed by atoms with Gasteiger partial charge in [-0.1, -0.05) is 24.3 Å². The minimum atomic E-state index is -3.86. The minimum absolute atomic E-state index is 0.0154. The topological polar surface area (TPSA) is 75.7 Å². The van der Waals surface area contributed by atoms with E-state index in [1.165, 1.54) is 24.3 Å². The van der Waals surface area contributed by atoms with Gasteiger partial charge < -0.3 is 9.64 Å². The van der Waals surface area contributed by atoms with Crippen LogP contribution >= 0.6 is 0 Å². The van der Waals surface area contributed by atoms with Gasteiger partial charge in [-0.25, -0.2) is 13.1 Å². The first-order chi connectivity index (χ1) is 14.6. The first kappa shape index (κ1) is 21.8. The van der Waals surface area contributed by atoms with Crippen molar-refractivity contribution in [1.29, 1.82) is 0 Å². The molecule has 31 heavy (non-hydrogen) atoms. The van der Waals surface area contributed by atoms with Crippen LogP contribution in [0.4, 0.5) is 0 Å². The average molecular weight is 443 g/mol. The second-order valence-electron chi connectivity index (χ2n) is 9.42. The predicted octanol–water partition coefficient (Wildman–Crippen LogP) is 4.06. The normalized spacial score (nSPS) is 18.5. The number of carbonyl (C=O) groups excluding carboxylic acids is 1. The van der Waals surface area contributed by atoms with Crippen molar-refractivity contribution in [2.75, 3.05) is 7.11 Å². The number of hydrogen-bond donors (Lipinski definition) is 1. The van der Waals surface area contributed by atoms with Gasteiger partial charge in [-0.2, -0.15) is 0 Å². The summed E-state index contributed by atoms with van der Waals surface area (Å²) in [7, 11) is -2.43. The van der Waals surface area contributed by atoms with Crippen LogP contribution in [0, 0.1) is 0 Å². The summed E-state index contributed by atoms with van der Waals surface area (Å²) in [6.07, 6.45) is 3.82. The molecule has 0 bridgehead atoms. The Hall–Kier alpha value is -2.38. The van der Waals surface area contributed by atoms with Gasteiger partial charge >= 0.3 is 0 Å². The van der Waals surface area contributed by atoms with E-state index in [2.05, 4.69) is 16.9 Å². The van der Waals surface area contributed by atoms with Crippen LogP contribution in [0.1, 0.15) is 67.6 Å². The van der Waals surface area contributed by atoms with Crippen molar-refractivity contribution in [1.82, 2.24) is 9.62 Å². The first-order valence-corrected chi connectivity index (χ1v) is 12.2. The van der Waals surface area contributed by atoms with Gasteiger partial charge in [0.05, 0.1) is 13.2 Å². The zero-order valence-corrected chi connectivity index (χ0v) is 19.3. The van der Waals surface area contributed by atoms with Crippen molar-refractivity contribution in [3.8, 4) is 5.75 Å². The molecule has 0 saturated heterocycles. The second-order valence-corrected chi connectivity index (χ2v) is 11.1. The number of aryl methyl sites for hydroxylation is 1. The van der Waals surface area contributed by atoms with Crippen molar-refractivity contribution in [3.63, 3.8) is 0 Å². The largest absolute Gasteiger partial charge is 0.495 e. The van der Waals surface area contributed by atoms with Crippen molar-refractivity contribution >= 4 is 15.9 Å². The number of sulfonamides is 1. The summed E-state index contributed by atoms with van der Waals surface area (Å²) in [5, 5.41) is 0. The molecule has 0 aliphatic heterocycles. The maximum absolute atomic E-state index is 13.7. The zero-order valence-electron chi connectivity index (χ0n) is 18.5. The van der Waals surface area contributed by atoms with Crippen molar-refractivity contribution < 1.29 is 17.9 Å². The minimum Gasteiger partial charge on any atom is -0.495 e. The lowest BCUT2D eigenvalue weighted by Gasteiger charge is -2.30. The number of carbonyl (C=O) groups is 1. The average Bonchev–Trinajstić information content (AvgIpc) is 3.45. The van der Waals surface area contributed by atoms with Crippen LogP contribution in [0.3, 0.4) is 0 Å². The molecule has 1 saturated carbocycles. The summed E-state index contributed by atoms with van der Waals surface area (Å²) in [6, 6.07) is 13.2. The number of hydrogen-bond acceptors (Lipinski definition) is 4. The van der Waals surface area contributed by atoms with Gasteiger partial charge in [-0.3, -0.25) is 4.79 Å². The number of nitrogens with one attached hydrogen (secondary N) is 1. The van der Waals surface area contributed by atoms with E-state index in [9.17, 15) is 13.2 Å². The van der Waals surface area contributed by atoms with E-state index < -0.39 is 15.6 Å². The van der Waals surface area contributed by atoms with Gasteiger partial charge in [0.25, 0.3) is 5.91 Å². The van der Waals surface area contributed by atoms with E-state index in [0.29, 0.717) is 5.56 Å². The van der Waals surface area contributed by atoms with Crippen LogP contribution in [-0.4, -0.2) is 37.9 Å². The van der Waals surface area contributed by atoms with Gasteiger partial charge in [-0.15, -0.1) is 0 Å². The van der Waals surface area contributed by atoms with Crippen LogP contribution in [0.25, 0.3) is 0 Å². The number of methoxy groups -OCH3 is 1. The van der Waals surface area contributed by atoms with Gasteiger partial charge in [0, 0.05) is 17.1 Å². The summed E-state index contributed by atoms with van der Waals surface area (Å²) in [5.74, 6) is 0.0940. The molecule has 2 aromatic rings. The standard InChI is InChI=1S/C24H30N2O4S/c1-24(2,3)25-31(28,29)22-15-17(10-14-21(22)30-4)23(27)26(18-11-12-18)20-13-9-16-7-5-6-8-19(16)20/h5-8,10,14-15,18,20,25H,9,11-13H2,1-4H3. The highest BCUT2D eigenvalue weighted by Crippen LogP contribution is 2.43. The maximum atomic E-state index is 13.7. The quantitative estimate of drug-likeness (QED) is 0.732. The Labute approximate surface area is 184 Å². The Morgan fingerprint density at radius 2 is 1.81 bits per heavy atom. The Kier molecular flexibility index (Phi) is 5.60. The number of amides is 1. The lowest BCUT2D eigenvalue weighted by atomic mass is 10.1. The molecule has 2 aromatic carbocycles. The summed E-state index contributed by atoms with van der Waals surface area (Å²) in [5.41, 5.74) is 2.21. The first-order valence-electron chi connectivity index (χ1n) is 10.7. The summed E-state index contributed by atoms with van der Waals surface area (Å²) in [6.45, 7) is 5.33. The molecular weight excluding hydrogens is 412 g/mol. The fraction of sp³-hybridized carbons (Fsp3) is 0.458. The molecule has 1 N–H and O–H groups in total. The molecule has 166 valence electrons. The fourth-order valence-corrected chi connectivity index (χ4v) is 5.98. The smallest absolute Gasteiger partial charge is 0.254 e. The lowest BCUT2D eigenvalue weighted by molar-refractivity contribution is 0.0658. The third kappa shape index (κ3) is 4.48. The summed E-state index contributed by atoms with van der Waals surface area (Å²) in [4.78, 5) is 15.6. The van der Waals surface area contributed by atoms with Crippen LogP contribution in [0.2, 0.25) is 0 Å². The van der Waals surface area contributed by atoms with Crippen molar-refractivity contribution in [2.24, 2.45) is 0 Å². The number of rotatable bonds is 6. The van der Waals surface area contributed by atoms with Gasteiger partial charge in [0.15, 0.2) is 0 Å².